The van der Waals surface area contributed by atoms with Gasteiger partial charge in [-0.2, -0.15) is 0 Å². The molecule has 0 saturated heterocycles. The number of alkyl carbamates (subject to hydrolysis) is 1. The number of carbonyl (C=O) groups is 2. The minimum absolute atomic E-state index is 0.125. The van der Waals surface area contributed by atoms with Crippen LogP contribution >= 0.6 is 0 Å². The Labute approximate surface area is 153 Å². The lowest BCUT2D eigenvalue weighted by molar-refractivity contribution is -0.155. The fourth-order valence-corrected chi connectivity index (χ4v) is 2.25. The van der Waals surface area contributed by atoms with E-state index in [1.165, 1.54) is 7.11 Å². The summed E-state index contributed by atoms with van der Waals surface area (Å²) < 4.78 is 15.5. The second kappa shape index (κ2) is 10.9. The molecule has 0 aromatic heterocycles. The number of rotatable bonds is 9. The molecule has 0 fully saturated rings. The average molecular weight is 357 g/mol. The Balaban J connectivity index is 1.96. The predicted molar refractivity (Wildman–Crippen MR) is 96.5 cm³/mol. The molecular formula is C20H23NO5. The summed E-state index contributed by atoms with van der Waals surface area (Å²) in [6, 6.07) is 18.7. The van der Waals surface area contributed by atoms with E-state index in [9.17, 15) is 9.59 Å². The third kappa shape index (κ3) is 6.94. The Bertz CT molecular complexity index is 675. The molecule has 0 aliphatic carbocycles. The van der Waals surface area contributed by atoms with Gasteiger partial charge in [-0.05, 0) is 11.1 Å². The van der Waals surface area contributed by atoms with Crippen LogP contribution in [-0.2, 0) is 32.0 Å². The Morgan fingerprint density at radius 2 is 1.58 bits per heavy atom. The summed E-state index contributed by atoms with van der Waals surface area (Å²) in [5.41, 5.74) is 1.74. The van der Waals surface area contributed by atoms with E-state index in [2.05, 4.69) is 5.32 Å². The van der Waals surface area contributed by atoms with E-state index < -0.39 is 18.2 Å². The molecule has 0 spiro atoms. The molecule has 0 bridgehead atoms. The van der Waals surface area contributed by atoms with Gasteiger partial charge in [0.15, 0.2) is 0 Å². The standard InChI is InChI=1S/C20H23NO5/c1-24-13-12-21-20(23)26-18(14-16-8-4-2-5-9-16)19(22)25-15-17-10-6-3-7-11-17/h2-11,18H,12-15H2,1H3,(H,21,23)/t18-/m0/s1. The summed E-state index contributed by atoms with van der Waals surface area (Å²) >= 11 is 0. The normalized spacial score (nSPS) is 11.4. The average Bonchev–Trinajstić information content (AvgIpc) is 2.67. The number of ether oxygens (including phenoxy) is 3. The van der Waals surface area contributed by atoms with E-state index in [0.29, 0.717) is 13.2 Å². The molecule has 6 heteroatoms. The zero-order chi connectivity index (χ0) is 18.6. The van der Waals surface area contributed by atoms with Crippen molar-refractivity contribution in [3.63, 3.8) is 0 Å². The number of carbonyl (C=O) groups excluding carboxylic acids is 2. The molecule has 2 aromatic rings. The van der Waals surface area contributed by atoms with Gasteiger partial charge in [-0.1, -0.05) is 60.7 Å². The molecule has 0 aliphatic rings. The van der Waals surface area contributed by atoms with E-state index in [4.69, 9.17) is 14.2 Å². The van der Waals surface area contributed by atoms with Gasteiger partial charge in [0.25, 0.3) is 0 Å². The van der Waals surface area contributed by atoms with Crippen LogP contribution in [0.3, 0.4) is 0 Å². The van der Waals surface area contributed by atoms with Gasteiger partial charge >= 0.3 is 12.1 Å². The molecule has 0 heterocycles. The quantitative estimate of drug-likeness (QED) is 0.552. The van der Waals surface area contributed by atoms with E-state index in [-0.39, 0.29) is 13.0 Å². The molecule has 2 rings (SSSR count). The van der Waals surface area contributed by atoms with E-state index in [0.717, 1.165) is 11.1 Å². The minimum Gasteiger partial charge on any atom is -0.458 e. The maximum atomic E-state index is 12.4. The summed E-state index contributed by atoms with van der Waals surface area (Å²) in [4.78, 5) is 24.3. The van der Waals surface area contributed by atoms with Gasteiger partial charge in [0.1, 0.15) is 6.61 Å². The third-order valence-electron chi connectivity index (χ3n) is 3.58. The monoisotopic (exact) mass is 357 g/mol. The van der Waals surface area contributed by atoms with Crippen molar-refractivity contribution in [2.24, 2.45) is 0 Å². The SMILES string of the molecule is COCCNC(=O)O[C@@H](Cc1ccccc1)C(=O)OCc1ccccc1. The molecule has 6 nitrogen and oxygen atoms in total. The van der Waals surface area contributed by atoms with Crippen LogP contribution in [0.15, 0.2) is 60.7 Å². The first-order chi connectivity index (χ1) is 12.7. The maximum Gasteiger partial charge on any atom is 0.408 e. The molecule has 26 heavy (non-hydrogen) atoms. The number of esters is 1. The van der Waals surface area contributed by atoms with Crippen LogP contribution in [-0.4, -0.2) is 38.4 Å². The number of methoxy groups -OCH3 is 1. The van der Waals surface area contributed by atoms with Crippen molar-refractivity contribution in [3.8, 4) is 0 Å². The van der Waals surface area contributed by atoms with Crippen LogP contribution in [0.4, 0.5) is 4.79 Å². The Hall–Kier alpha value is -2.86. The van der Waals surface area contributed by atoms with Gasteiger partial charge in [-0.25, -0.2) is 9.59 Å². The van der Waals surface area contributed by atoms with Crippen LogP contribution in [0.5, 0.6) is 0 Å². The van der Waals surface area contributed by atoms with Gasteiger partial charge in [-0.3, -0.25) is 0 Å². The second-order valence-corrected chi connectivity index (χ2v) is 5.60. The Morgan fingerprint density at radius 1 is 0.962 bits per heavy atom. The van der Waals surface area contributed by atoms with Gasteiger partial charge < -0.3 is 19.5 Å². The highest BCUT2D eigenvalue weighted by Crippen LogP contribution is 2.10. The van der Waals surface area contributed by atoms with E-state index in [1.54, 1.807) is 0 Å². The second-order valence-electron chi connectivity index (χ2n) is 5.60. The molecule has 0 radical (unpaired) electrons. The molecular weight excluding hydrogens is 334 g/mol. The summed E-state index contributed by atoms with van der Waals surface area (Å²) in [5.74, 6) is -0.584. The van der Waals surface area contributed by atoms with Crippen molar-refractivity contribution in [2.45, 2.75) is 19.1 Å². The van der Waals surface area contributed by atoms with Gasteiger partial charge in [0.2, 0.25) is 6.10 Å². The van der Waals surface area contributed by atoms with Gasteiger partial charge in [-0.15, -0.1) is 0 Å². The van der Waals surface area contributed by atoms with Crippen LogP contribution in [0.1, 0.15) is 11.1 Å². The first-order valence-electron chi connectivity index (χ1n) is 8.37. The summed E-state index contributed by atoms with van der Waals surface area (Å²) in [6.07, 6.45) is -1.46. The van der Waals surface area contributed by atoms with Gasteiger partial charge in [0.05, 0.1) is 6.61 Å². The molecule has 1 N–H and O–H groups in total. The maximum absolute atomic E-state index is 12.4. The lowest BCUT2D eigenvalue weighted by Gasteiger charge is -2.17. The van der Waals surface area contributed by atoms with Crippen molar-refractivity contribution in [2.75, 3.05) is 20.3 Å². The van der Waals surface area contributed by atoms with Crippen LogP contribution in [0, 0.1) is 0 Å². The number of nitrogens with one attached hydrogen (secondary N) is 1. The molecule has 2 aromatic carbocycles. The smallest absolute Gasteiger partial charge is 0.408 e. The highest BCUT2D eigenvalue weighted by Gasteiger charge is 2.25. The number of amides is 1. The lowest BCUT2D eigenvalue weighted by atomic mass is 10.1. The zero-order valence-corrected chi connectivity index (χ0v) is 14.7. The molecule has 138 valence electrons. The highest BCUT2D eigenvalue weighted by molar-refractivity contribution is 5.79. The predicted octanol–water partition coefficient (Wildman–Crippen LogP) is 2.71. The van der Waals surface area contributed by atoms with Crippen LogP contribution in [0.2, 0.25) is 0 Å². The fraction of sp³-hybridized carbons (Fsp3) is 0.300. The zero-order valence-electron chi connectivity index (χ0n) is 14.7. The molecule has 1 atom stereocenters. The van der Waals surface area contributed by atoms with Crippen molar-refractivity contribution in [1.29, 1.82) is 0 Å². The summed E-state index contributed by atoms with van der Waals surface area (Å²) in [6.45, 7) is 0.781. The summed E-state index contributed by atoms with van der Waals surface area (Å²) in [7, 11) is 1.53. The van der Waals surface area contributed by atoms with Gasteiger partial charge in [0, 0.05) is 20.1 Å². The Kier molecular flexibility index (Phi) is 8.15. The summed E-state index contributed by atoms with van der Waals surface area (Å²) in [5, 5.41) is 2.53. The van der Waals surface area contributed by atoms with Crippen LogP contribution in [0.25, 0.3) is 0 Å². The third-order valence-corrected chi connectivity index (χ3v) is 3.58. The van der Waals surface area contributed by atoms with Crippen molar-refractivity contribution in [3.05, 3.63) is 71.8 Å². The lowest BCUT2D eigenvalue weighted by Crippen LogP contribution is -2.37. The number of hydrogen-bond donors (Lipinski definition) is 1. The molecule has 0 unspecified atom stereocenters. The molecule has 0 aliphatic heterocycles. The minimum atomic E-state index is -1.02. The fourth-order valence-electron chi connectivity index (χ4n) is 2.25. The number of benzene rings is 2. The van der Waals surface area contributed by atoms with E-state index in [1.807, 2.05) is 60.7 Å². The first kappa shape index (κ1) is 19.5. The van der Waals surface area contributed by atoms with E-state index >= 15 is 0 Å². The van der Waals surface area contributed by atoms with Crippen LogP contribution < -0.4 is 5.32 Å². The molecule has 0 saturated carbocycles. The Morgan fingerprint density at radius 3 is 2.19 bits per heavy atom. The van der Waals surface area contributed by atoms with Crippen molar-refractivity contribution < 1.29 is 23.8 Å². The topological polar surface area (TPSA) is 73.9 Å². The largest absolute Gasteiger partial charge is 0.458 e. The first-order valence-corrected chi connectivity index (χ1v) is 8.37. The number of hydrogen-bond acceptors (Lipinski definition) is 5. The van der Waals surface area contributed by atoms with Crippen molar-refractivity contribution in [1.82, 2.24) is 5.32 Å². The highest BCUT2D eigenvalue weighted by atomic mass is 16.6. The van der Waals surface area contributed by atoms with Crippen molar-refractivity contribution >= 4 is 12.1 Å². The molecule has 1 amide bonds.